The quantitative estimate of drug-likeness (QED) is 0.671. The molecule has 3 heteroatoms. The van der Waals surface area contributed by atoms with E-state index in [2.05, 4.69) is 0 Å². The molecule has 1 nitrogen and oxygen atoms in total. The molecular weight excluding hydrogens is 176 g/mol. The molecule has 1 rings (SSSR count). The smallest absolute Gasteiger partial charge is 0.159 e. The number of ether oxygens (including phenoxy) is 1. The fraction of sp³-hybridized carbons (Fsp3) is 0.375. The van der Waals surface area contributed by atoms with Gasteiger partial charge >= 0.3 is 0 Å². The first-order valence-corrected chi connectivity index (χ1v) is 4.79. The number of hydrogen-bond acceptors (Lipinski definition) is 3. The minimum Gasteiger partial charge on any atom is -0.482 e. The van der Waals surface area contributed by atoms with Gasteiger partial charge in [-0.1, -0.05) is 13.0 Å². The van der Waals surface area contributed by atoms with Gasteiger partial charge in [0.1, 0.15) is 6.61 Å². The highest BCUT2D eigenvalue weighted by Crippen LogP contribution is 2.10. The Morgan fingerprint density at radius 3 is 3.09 bits per heavy atom. The van der Waals surface area contributed by atoms with Gasteiger partial charge in [0.15, 0.2) is 5.05 Å². The van der Waals surface area contributed by atoms with E-state index >= 15 is 0 Å². The van der Waals surface area contributed by atoms with Crippen molar-refractivity contribution in [1.82, 2.24) is 0 Å². The zero-order valence-corrected chi connectivity index (χ0v) is 8.00. The molecule has 0 saturated heterocycles. The molecule has 0 amide bonds. The van der Waals surface area contributed by atoms with Crippen molar-refractivity contribution < 1.29 is 4.74 Å². The van der Waals surface area contributed by atoms with Gasteiger partial charge in [0.2, 0.25) is 0 Å². The topological polar surface area (TPSA) is 9.23 Å². The summed E-state index contributed by atoms with van der Waals surface area (Å²) in [4.78, 5) is 1.22. The van der Waals surface area contributed by atoms with E-state index in [-0.39, 0.29) is 0 Å². The summed E-state index contributed by atoms with van der Waals surface area (Å²) in [6.45, 7) is 2.63. The zero-order chi connectivity index (χ0) is 8.10. The minimum atomic E-state index is 0.629. The van der Waals surface area contributed by atoms with Crippen LogP contribution in [0.2, 0.25) is 0 Å². The fourth-order valence-corrected chi connectivity index (χ4v) is 1.32. The van der Waals surface area contributed by atoms with E-state index in [0.29, 0.717) is 11.7 Å². The van der Waals surface area contributed by atoms with Crippen LogP contribution < -0.4 is 0 Å². The Morgan fingerprint density at radius 2 is 2.55 bits per heavy atom. The maximum absolute atomic E-state index is 5.28. The number of hydrogen-bond donors (Lipinski definition) is 0. The van der Waals surface area contributed by atoms with Crippen LogP contribution in [0.25, 0.3) is 0 Å². The van der Waals surface area contributed by atoms with Crippen LogP contribution in [-0.2, 0) is 11.3 Å². The maximum Gasteiger partial charge on any atom is 0.159 e. The third-order valence-corrected chi connectivity index (χ3v) is 2.50. The van der Waals surface area contributed by atoms with Crippen LogP contribution in [0, 0.1) is 0 Å². The van der Waals surface area contributed by atoms with Gasteiger partial charge in [-0.25, -0.2) is 0 Å². The van der Waals surface area contributed by atoms with E-state index in [0.717, 1.165) is 6.42 Å². The van der Waals surface area contributed by atoms with Gasteiger partial charge in [-0.2, -0.15) is 0 Å². The SMILES string of the molecule is CCC(=S)OCc1cccs1. The highest BCUT2D eigenvalue weighted by atomic mass is 32.1. The Morgan fingerprint density at radius 1 is 1.73 bits per heavy atom. The second kappa shape index (κ2) is 4.46. The van der Waals surface area contributed by atoms with Crippen molar-refractivity contribution in [3.63, 3.8) is 0 Å². The molecule has 0 saturated carbocycles. The lowest BCUT2D eigenvalue weighted by molar-refractivity contribution is 0.297. The lowest BCUT2D eigenvalue weighted by atomic mass is 10.5. The van der Waals surface area contributed by atoms with Gasteiger partial charge in [-0.05, 0) is 23.7 Å². The van der Waals surface area contributed by atoms with Crippen molar-refractivity contribution in [3.8, 4) is 0 Å². The molecule has 0 spiro atoms. The normalized spacial score (nSPS) is 9.55. The predicted molar refractivity (Wildman–Crippen MR) is 52.0 cm³/mol. The summed E-state index contributed by atoms with van der Waals surface area (Å²) in [5, 5.41) is 2.73. The van der Waals surface area contributed by atoms with Gasteiger partial charge in [0.25, 0.3) is 0 Å². The Bertz CT molecular complexity index is 216. The summed E-state index contributed by atoms with van der Waals surface area (Å²) in [5.74, 6) is 0. The summed E-state index contributed by atoms with van der Waals surface area (Å²) in [5.41, 5.74) is 0. The molecule has 0 aromatic carbocycles. The fourth-order valence-electron chi connectivity index (χ4n) is 0.648. The second-order valence-corrected chi connectivity index (χ2v) is 3.58. The monoisotopic (exact) mass is 186 g/mol. The Balaban J connectivity index is 2.29. The third kappa shape index (κ3) is 2.99. The molecule has 0 unspecified atom stereocenters. The van der Waals surface area contributed by atoms with Crippen LogP contribution in [0.5, 0.6) is 0 Å². The van der Waals surface area contributed by atoms with E-state index in [1.807, 2.05) is 24.4 Å². The molecule has 60 valence electrons. The molecule has 0 bridgehead atoms. The Kier molecular flexibility index (Phi) is 3.52. The second-order valence-electron chi connectivity index (χ2n) is 2.09. The van der Waals surface area contributed by atoms with Crippen LogP contribution >= 0.6 is 23.6 Å². The van der Waals surface area contributed by atoms with E-state index < -0.39 is 0 Å². The standard InChI is InChI=1S/C8H10OS2/c1-2-8(10)9-6-7-4-3-5-11-7/h3-5H,2,6H2,1H3. The average Bonchev–Trinajstić information content (AvgIpc) is 2.52. The highest BCUT2D eigenvalue weighted by Gasteiger charge is 1.95. The summed E-state index contributed by atoms with van der Waals surface area (Å²) >= 11 is 6.60. The molecule has 0 fully saturated rings. The molecule has 0 aliphatic carbocycles. The lowest BCUT2D eigenvalue weighted by Crippen LogP contribution is -1.98. The largest absolute Gasteiger partial charge is 0.482 e. The molecule has 1 aromatic heterocycles. The van der Waals surface area contributed by atoms with Crippen LogP contribution in [0.3, 0.4) is 0 Å². The molecule has 0 radical (unpaired) electrons. The first-order chi connectivity index (χ1) is 5.33. The summed E-state index contributed by atoms with van der Waals surface area (Å²) in [6, 6.07) is 4.06. The van der Waals surface area contributed by atoms with Crippen molar-refractivity contribution >= 4 is 28.6 Å². The van der Waals surface area contributed by atoms with Crippen molar-refractivity contribution in [2.75, 3.05) is 0 Å². The minimum absolute atomic E-state index is 0.629. The number of rotatable bonds is 3. The van der Waals surface area contributed by atoms with Crippen molar-refractivity contribution in [1.29, 1.82) is 0 Å². The molecule has 0 aliphatic heterocycles. The van der Waals surface area contributed by atoms with Crippen LogP contribution in [0.1, 0.15) is 18.2 Å². The van der Waals surface area contributed by atoms with Crippen LogP contribution in [0.15, 0.2) is 17.5 Å². The Hall–Kier alpha value is -0.410. The van der Waals surface area contributed by atoms with Gasteiger partial charge in [-0.3, -0.25) is 0 Å². The average molecular weight is 186 g/mol. The van der Waals surface area contributed by atoms with Gasteiger partial charge < -0.3 is 4.74 Å². The van der Waals surface area contributed by atoms with E-state index in [4.69, 9.17) is 17.0 Å². The number of thiophene rings is 1. The van der Waals surface area contributed by atoms with Gasteiger partial charge in [-0.15, -0.1) is 11.3 Å². The van der Waals surface area contributed by atoms with Gasteiger partial charge in [0, 0.05) is 11.3 Å². The molecule has 0 N–H and O–H groups in total. The van der Waals surface area contributed by atoms with Crippen molar-refractivity contribution in [2.24, 2.45) is 0 Å². The van der Waals surface area contributed by atoms with Gasteiger partial charge in [0.05, 0.1) is 0 Å². The zero-order valence-electron chi connectivity index (χ0n) is 6.37. The van der Waals surface area contributed by atoms with Crippen LogP contribution in [0.4, 0.5) is 0 Å². The van der Waals surface area contributed by atoms with E-state index in [1.165, 1.54) is 4.88 Å². The molecule has 1 heterocycles. The van der Waals surface area contributed by atoms with Crippen LogP contribution in [-0.4, -0.2) is 5.05 Å². The highest BCUT2D eigenvalue weighted by molar-refractivity contribution is 7.80. The first-order valence-electron chi connectivity index (χ1n) is 3.51. The Labute approximate surface area is 76.0 Å². The van der Waals surface area contributed by atoms with Crippen molar-refractivity contribution in [2.45, 2.75) is 20.0 Å². The number of thiocarbonyl (C=S) groups is 1. The maximum atomic E-state index is 5.28. The summed E-state index contributed by atoms with van der Waals surface area (Å²) < 4.78 is 5.28. The lowest BCUT2D eigenvalue weighted by Gasteiger charge is -2.01. The molecular formula is C8H10OS2. The molecule has 11 heavy (non-hydrogen) atoms. The predicted octanol–water partition coefficient (Wildman–Crippen LogP) is 3.00. The van der Waals surface area contributed by atoms with E-state index in [9.17, 15) is 0 Å². The summed E-state index contributed by atoms with van der Waals surface area (Å²) in [7, 11) is 0. The molecule has 0 aliphatic rings. The third-order valence-electron chi connectivity index (χ3n) is 1.24. The molecule has 1 aromatic rings. The van der Waals surface area contributed by atoms with E-state index in [1.54, 1.807) is 11.3 Å². The molecule has 0 atom stereocenters. The summed E-state index contributed by atoms with van der Waals surface area (Å²) in [6.07, 6.45) is 0.820. The first kappa shape index (κ1) is 8.68. The van der Waals surface area contributed by atoms with Crippen molar-refractivity contribution in [3.05, 3.63) is 22.4 Å².